The van der Waals surface area contributed by atoms with Crippen molar-refractivity contribution in [3.8, 4) is 0 Å². The number of hydrogen-bond donors (Lipinski definition) is 1. The van der Waals surface area contributed by atoms with Crippen molar-refractivity contribution in [1.29, 1.82) is 0 Å². The van der Waals surface area contributed by atoms with Crippen molar-refractivity contribution in [3.63, 3.8) is 0 Å². The van der Waals surface area contributed by atoms with Crippen molar-refractivity contribution < 1.29 is 5.11 Å². The molecule has 0 aliphatic carbocycles. The number of hydrogen-bond acceptors (Lipinski definition) is 2. The van der Waals surface area contributed by atoms with Crippen LogP contribution < -0.4 is 0 Å². The molecule has 0 radical (unpaired) electrons. The van der Waals surface area contributed by atoms with E-state index in [1.54, 1.807) is 0 Å². The predicted octanol–water partition coefficient (Wildman–Crippen LogP) is 3.04. The van der Waals surface area contributed by atoms with E-state index in [2.05, 4.69) is 36.9 Å². The fourth-order valence-corrected chi connectivity index (χ4v) is 2.95. The number of rotatable bonds is 5. The van der Waals surface area contributed by atoms with Crippen molar-refractivity contribution in [1.82, 2.24) is 4.90 Å². The van der Waals surface area contributed by atoms with Gasteiger partial charge in [0.15, 0.2) is 0 Å². The molecule has 1 unspecified atom stereocenters. The standard InChI is InChI=1S/C16H25NO/c1-13-7-8-14(2)15(11-13)12-17-9-3-5-16(17)6-4-10-18/h7-8,11,16,18H,3-6,9-10,12H2,1-2H3. The number of aliphatic hydroxyl groups is 1. The van der Waals surface area contributed by atoms with Crippen LogP contribution in [0.15, 0.2) is 18.2 Å². The molecule has 1 aromatic carbocycles. The first-order valence-corrected chi connectivity index (χ1v) is 7.11. The first kappa shape index (κ1) is 13.6. The van der Waals surface area contributed by atoms with E-state index in [1.165, 1.54) is 36.1 Å². The summed E-state index contributed by atoms with van der Waals surface area (Å²) >= 11 is 0. The summed E-state index contributed by atoms with van der Waals surface area (Å²) in [4.78, 5) is 2.59. The molecule has 0 aromatic heterocycles. The zero-order valence-corrected chi connectivity index (χ0v) is 11.7. The van der Waals surface area contributed by atoms with Crippen molar-refractivity contribution in [2.75, 3.05) is 13.2 Å². The van der Waals surface area contributed by atoms with E-state index >= 15 is 0 Å². The van der Waals surface area contributed by atoms with Crippen LogP contribution in [0.4, 0.5) is 0 Å². The zero-order valence-electron chi connectivity index (χ0n) is 11.7. The van der Waals surface area contributed by atoms with Gasteiger partial charge in [-0.2, -0.15) is 0 Å². The summed E-state index contributed by atoms with van der Waals surface area (Å²) in [5, 5.41) is 8.96. The molecule has 2 rings (SSSR count). The lowest BCUT2D eigenvalue weighted by Gasteiger charge is -2.25. The molecule has 0 saturated carbocycles. The Morgan fingerprint density at radius 1 is 1.33 bits per heavy atom. The minimum absolute atomic E-state index is 0.327. The number of nitrogens with zero attached hydrogens (tertiary/aromatic N) is 1. The van der Waals surface area contributed by atoms with Gasteiger partial charge in [-0.15, -0.1) is 0 Å². The van der Waals surface area contributed by atoms with Crippen LogP contribution in [0.25, 0.3) is 0 Å². The van der Waals surface area contributed by atoms with Crippen LogP contribution in [0, 0.1) is 13.8 Å². The summed E-state index contributed by atoms with van der Waals surface area (Å²) in [6.45, 7) is 6.98. The third-order valence-electron chi connectivity index (χ3n) is 4.07. The smallest absolute Gasteiger partial charge is 0.0431 e. The second-order valence-electron chi connectivity index (χ2n) is 5.56. The Labute approximate surface area is 111 Å². The van der Waals surface area contributed by atoms with Crippen molar-refractivity contribution in [2.24, 2.45) is 0 Å². The summed E-state index contributed by atoms with van der Waals surface area (Å²) in [5.74, 6) is 0. The van der Waals surface area contributed by atoms with E-state index in [0.717, 1.165) is 19.4 Å². The van der Waals surface area contributed by atoms with E-state index < -0.39 is 0 Å². The van der Waals surface area contributed by atoms with Gasteiger partial charge in [0.1, 0.15) is 0 Å². The topological polar surface area (TPSA) is 23.5 Å². The largest absolute Gasteiger partial charge is 0.396 e. The maximum absolute atomic E-state index is 8.96. The molecule has 0 amide bonds. The highest BCUT2D eigenvalue weighted by atomic mass is 16.2. The summed E-state index contributed by atoms with van der Waals surface area (Å²) in [6.07, 6.45) is 4.68. The van der Waals surface area contributed by atoms with E-state index in [1.807, 2.05) is 0 Å². The van der Waals surface area contributed by atoms with E-state index in [0.29, 0.717) is 12.6 Å². The molecule has 0 spiro atoms. The number of aliphatic hydroxyl groups excluding tert-OH is 1. The Hall–Kier alpha value is -0.860. The molecular formula is C16H25NO. The van der Waals surface area contributed by atoms with Crippen molar-refractivity contribution >= 4 is 0 Å². The molecule has 1 aromatic rings. The average Bonchev–Trinajstić information content (AvgIpc) is 2.79. The Kier molecular flexibility index (Phi) is 4.79. The maximum Gasteiger partial charge on any atom is 0.0431 e. The van der Waals surface area contributed by atoms with E-state index in [4.69, 9.17) is 5.11 Å². The second-order valence-corrected chi connectivity index (χ2v) is 5.56. The molecule has 1 heterocycles. The van der Waals surface area contributed by atoms with Crippen LogP contribution in [-0.2, 0) is 6.54 Å². The summed E-state index contributed by atoms with van der Waals surface area (Å²) < 4.78 is 0. The van der Waals surface area contributed by atoms with Gasteiger partial charge in [0, 0.05) is 19.2 Å². The highest BCUT2D eigenvalue weighted by Gasteiger charge is 2.24. The Bertz CT molecular complexity index is 389. The van der Waals surface area contributed by atoms with Crippen molar-refractivity contribution in [2.45, 2.75) is 52.1 Å². The maximum atomic E-state index is 8.96. The predicted molar refractivity (Wildman–Crippen MR) is 75.7 cm³/mol. The van der Waals surface area contributed by atoms with Gasteiger partial charge in [0.05, 0.1) is 0 Å². The van der Waals surface area contributed by atoms with Gasteiger partial charge >= 0.3 is 0 Å². The highest BCUT2D eigenvalue weighted by molar-refractivity contribution is 5.30. The molecule has 1 aliphatic rings. The number of benzene rings is 1. The van der Waals surface area contributed by atoms with Crippen LogP contribution in [-0.4, -0.2) is 29.2 Å². The lowest BCUT2D eigenvalue weighted by molar-refractivity contribution is 0.210. The normalized spacial score (nSPS) is 20.5. The molecular weight excluding hydrogens is 222 g/mol. The Morgan fingerprint density at radius 3 is 2.94 bits per heavy atom. The minimum atomic E-state index is 0.327. The van der Waals surface area contributed by atoms with Gasteiger partial charge in [-0.3, -0.25) is 4.90 Å². The van der Waals surface area contributed by atoms with Gasteiger partial charge < -0.3 is 5.11 Å². The molecule has 18 heavy (non-hydrogen) atoms. The van der Waals surface area contributed by atoms with Crippen LogP contribution in [0.1, 0.15) is 42.4 Å². The molecule has 2 heteroatoms. The number of likely N-dealkylation sites (tertiary alicyclic amines) is 1. The molecule has 2 nitrogen and oxygen atoms in total. The summed E-state index contributed by atoms with van der Waals surface area (Å²) in [7, 11) is 0. The summed E-state index contributed by atoms with van der Waals surface area (Å²) in [6, 6.07) is 7.41. The fourth-order valence-electron chi connectivity index (χ4n) is 2.95. The lowest BCUT2D eigenvalue weighted by Crippen LogP contribution is -2.29. The molecule has 1 aliphatic heterocycles. The van der Waals surface area contributed by atoms with Gasteiger partial charge in [0.2, 0.25) is 0 Å². The van der Waals surface area contributed by atoms with Gasteiger partial charge in [-0.05, 0) is 57.2 Å². The van der Waals surface area contributed by atoms with Gasteiger partial charge in [0.25, 0.3) is 0 Å². The van der Waals surface area contributed by atoms with E-state index in [-0.39, 0.29) is 0 Å². The SMILES string of the molecule is Cc1ccc(C)c(CN2CCCC2CCCO)c1. The van der Waals surface area contributed by atoms with Gasteiger partial charge in [-0.1, -0.05) is 23.8 Å². The first-order valence-electron chi connectivity index (χ1n) is 7.11. The average molecular weight is 247 g/mol. The third kappa shape index (κ3) is 3.33. The molecule has 100 valence electrons. The monoisotopic (exact) mass is 247 g/mol. The summed E-state index contributed by atoms with van der Waals surface area (Å²) in [5.41, 5.74) is 4.21. The van der Waals surface area contributed by atoms with Crippen LogP contribution in [0.2, 0.25) is 0 Å². The Balaban J connectivity index is 2.01. The minimum Gasteiger partial charge on any atom is -0.396 e. The Morgan fingerprint density at radius 2 is 2.17 bits per heavy atom. The first-order chi connectivity index (χ1) is 8.70. The van der Waals surface area contributed by atoms with Gasteiger partial charge in [-0.25, -0.2) is 0 Å². The highest BCUT2D eigenvalue weighted by Crippen LogP contribution is 2.24. The van der Waals surface area contributed by atoms with Crippen LogP contribution in [0.3, 0.4) is 0 Å². The zero-order chi connectivity index (χ0) is 13.0. The second kappa shape index (κ2) is 6.35. The molecule has 1 N–H and O–H groups in total. The third-order valence-corrected chi connectivity index (χ3v) is 4.07. The van der Waals surface area contributed by atoms with Crippen LogP contribution >= 0.6 is 0 Å². The molecule has 1 saturated heterocycles. The molecule has 0 bridgehead atoms. The molecule has 1 fully saturated rings. The van der Waals surface area contributed by atoms with Crippen molar-refractivity contribution in [3.05, 3.63) is 34.9 Å². The number of aryl methyl sites for hydroxylation is 2. The van der Waals surface area contributed by atoms with E-state index in [9.17, 15) is 0 Å². The quantitative estimate of drug-likeness (QED) is 0.864. The van der Waals surface area contributed by atoms with Crippen LogP contribution in [0.5, 0.6) is 0 Å². The molecule has 1 atom stereocenters. The lowest BCUT2D eigenvalue weighted by atomic mass is 10.0. The fraction of sp³-hybridized carbons (Fsp3) is 0.625.